The summed E-state index contributed by atoms with van der Waals surface area (Å²) in [6, 6.07) is 0. The fourth-order valence-corrected chi connectivity index (χ4v) is 2.51. The highest BCUT2D eigenvalue weighted by atomic mass is 16.5. The molecular weight excluding hydrogens is 266 g/mol. The normalized spacial score (nSPS) is 14.0. The van der Waals surface area contributed by atoms with Crippen LogP contribution in [0.25, 0.3) is 11.4 Å². The second kappa shape index (κ2) is 6.22. The lowest BCUT2D eigenvalue weighted by Gasteiger charge is -2.19. The number of rotatable bonds is 5. The number of fused-ring (bicyclic) bond motifs is 1. The van der Waals surface area contributed by atoms with E-state index in [0.29, 0.717) is 6.61 Å². The minimum absolute atomic E-state index is 0.590. The average molecular weight is 287 g/mol. The van der Waals surface area contributed by atoms with Gasteiger partial charge in [0.15, 0.2) is 5.82 Å². The van der Waals surface area contributed by atoms with Gasteiger partial charge in [-0.15, -0.1) is 0 Å². The molecule has 0 saturated carbocycles. The van der Waals surface area contributed by atoms with E-state index in [-0.39, 0.29) is 0 Å². The fourth-order valence-electron chi connectivity index (χ4n) is 2.51. The van der Waals surface area contributed by atoms with E-state index in [1.807, 2.05) is 17.1 Å². The third-order valence-electron chi connectivity index (χ3n) is 3.51. The SMILES string of the molecule is CCCn1cc(-c2nc3c(c(NCC)n2)COCC3)cn1. The van der Waals surface area contributed by atoms with E-state index in [4.69, 9.17) is 9.72 Å². The Hall–Kier alpha value is -1.95. The standard InChI is InChI=1S/C15H21N5O/c1-3-6-20-9-11(8-17-20)14-18-13-5-7-21-10-12(13)15(19-14)16-4-2/h8-9H,3-7,10H2,1-2H3,(H,16,18,19). The molecule has 21 heavy (non-hydrogen) atoms. The van der Waals surface area contributed by atoms with E-state index in [9.17, 15) is 0 Å². The molecule has 0 radical (unpaired) electrons. The minimum atomic E-state index is 0.590. The smallest absolute Gasteiger partial charge is 0.164 e. The Kier molecular flexibility index (Phi) is 4.15. The molecular formula is C15H21N5O. The molecule has 0 amide bonds. The van der Waals surface area contributed by atoms with Gasteiger partial charge < -0.3 is 10.1 Å². The van der Waals surface area contributed by atoms with Gasteiger partial charge in [-0.1, -0.05) is 6.92 Å². The van der Waals surface area contributed by atoms with Gasteiger partial charge in [-0.3, -0.25) is 4.68 Å². The Morgan fingerprint density at radius 3 is 3.05 bits per heavy atom. The summed E-state index contributed by atoms with van der Waals surface area (Å²) < 4.78 is 7.47. The molecule has 0 bridgehead atoms. The van der Waals surface area contributed by atoms with Crippen molar-refractivity contribution in [1.82, 2.24) is 19.7 Å². The number of nitrogens with one attached hydrogen (secondary N) is 1. The van der Waals surface area contributed by atoms with E-state index >= 15 is 0 Å². The number of anilines is 1. The third-order valence-corrected chi connectivity index (χ3v) is 3.51. The molecule has 0 aliphatic carbocycles. The Labute approximate surface area is 124 Å². The lowest BCUT2D eigenvalue weighted by molar-refractivity contribution is 0.109. The first-order valence-corrected chi connectivity index (χ1v) is 7.56. The molecule has 6 nitrogen and oxygen atoms in total. The van der Waals surface area contributed by atoms with Gasteiger partial charge >= 0.3 is 0 Å². The van der Waals surface area contributed by atoms with Gasteiger partial charge in [-0.05, 0) is 13.3 Å². The predicted octanol–water partition coefficient (Wildman–Crippen LogP) is 2.25. The number of nitrogens with zero attached hydrogens (tertiary/aromatic N) is 4. The number of ether oxygens (including phenoxy) is 1. The van der Waals surface area contributed by atoms with Crippen LogP contribution in [0.3, 0.4) is 0 Å². The highest BCUT2D eigenvalue weighted by Crippen LogP contribution is 2.25. The second-order valence-electron chi connectivity index (χ2n) is 5.15. The first kappa shape index (κ1) is 14.0. The van der Waals surface area contributed by atoms with Crippen LogP contribution in [0.15, 0.2) is 12.4 Å². The predicted molar refractivity (Wildman–Crippen MR) is 81.1 cm³/mol. The summed E-state index contributed by atoms with van der Waals surface area (Å²) in [5.41, 5.74) is 3.15. The molecule has 3 rings (SSSR count). The van der Waals surface area contributed by atoms with E-state index in [0.717, 1.165) is 61.0 Å². The van der Waals surface area contributed by atoms with Crippen LogP contribution in [0.4, 0.5) is 5.82 Å². The molecule has 1 aliphatic rings. The van der Waals surface area contributed by atoms with Crippen LogP contribution in [-0.4, -0.2) is 32.9 Å². The zero-order chi connectivity index (χ0) is 14.7. The Morgan fingerprint density at radius 1 is 1.33 bits per heavy atom. The molecule has 112 valence electrons. The summed E-state index contributed by atoms with van der Waals surface area (Å²) in [5.74, 6) is 1.63. The first-order chi connectivity index (χ1) is 10.3. The van der Waals surface area contributed by atoms with Crippen LogP contribution in [0.2, 0.25) is 0 Å². The summed E-state index contributed by atoms with van der Waals surface area (Å²) in [5, 5.41) is 7.68. The molecule has 0 spiro atoms. The maximum absolute atomic E-state index is 5.53. The molecule has 0 unspecified atom stereocenters. The fraction of sp³-hybridized carbons (Fsp3) is 0.533. The van der Waals surface area contributed by atoms with Crippen LogP contribution in [-0.2, 0) is 24.3 Å². The van der Waals surface area contributed by atoms with Crippen LogP contribution in [0, 0.1) is 0 Å². The first-order valence-electron chi connectivity index (χ1n) is 7.56. The van der Waals surface area contributed by atoms with Crippen LogP contribution in [0.5, 0.6) is 0 Å². The topological polar surface area (TPSA) is 64.9 Å². The zero-order valence-corrected chi connectivity index (χ0v) is 12.6. The van der Waals surface area contributed by atoms with E-state index in [2.05, 4.69) is 29.2 Å². The minimum Gasteiger partial charge on any atom is -0.376 e. The number of hydrogen-bond acceptors (Lipinski definition) is 5. The van der Waals surface area contributed by atoms with Crippen molar-refractivity contribution in [2.24, 2.45) is 0 Å². The monoisotopic (exact) mass is 287 g/mol. The van der Waals surface area contributed by atoms with Crippen molar-refractivity contribution >= 4 is 5.82 Å². The number of hydrogen-bond donors (Lipinski definition) is 1. The maximum Gasteiger partial charge on any atom is 0.164 e. The molecule has 0 atom stereocenters. The molecule has 2 aromatic rings. The molecule has 6 heteroatoms. The Balaban J connectivity index is 1.99. The quantitative estimate of drug-likeness (QED) is 0.913. The largest absolute Gasteiger partial charge is 0.376 e. The summed E-state index contributed by atoms with van der Waals surface area (Å²) in [7, 11) is 0. The third kappa shape index (κ3) is 2.90. The van der Waals surface area contributed by atoms with E-state index in [1.165, 1.54) is 0 Å². The van der Waals surface area contributed by atoms with E-state index in [1.54, 1.807) is 0 Å². The van der Waals surface area contributed by atoms with Crippen LogP contribution < -0.4 is 5.32 Å². The molecule has 2 aromatic heterocycles. The van der Waals surface area contributed by atoms with Crippen molar-refractivity contribution < 1.29 is 4.74 Å². The van der Waals surface area contributed by atoms with Crippen molar-refractivity contribution in [3.63, 3.8) is 0 Å². The van der Waals surface area contributed by atoms with Crippen LogP contribution in [0.1, 0.15) is 31.5 Å². The maximum atomic E-state index is 5.53. The van der Waals surface area contributed by atoms with Crippen LogP contribution >= 0.6 is 0 Å². The molecule has 0 aromatic carbocycles. The lowest BCUT2D eigenvalue weighted by Crippen LogP contribution is -2.17. The Bertz CT molecular complexity index is 623. The molecule has 1 aliphatic heterocycles. The number of aromatic nitrogens is 4. The van der Waals surface area contributed by atoms with Gasteiger partial charge in [0.1, 0.15) is 5.82 Å². The summed E-state index contributed by atoms with van der Waals surface area (Å²) in [6.45, 7) is 7.27. The molecule has 0 fully saturated rings. The van der Waals surface area contributed by atoms with Gasteiger partial charge in [0.2, 0.25) is 0 Å². The van der Waals surface area contributed by atoms with Crippen molar-refractivity contribution in [3.05, 3.63) is 23.7 Å². The van der Waals surface area contributed by atoms with Crippen molar-refractivity contribution in [1.29, 1.82) is 0 Å². The molecule has 0 saturated heterocycles. The van der Waals surface area contributed by atoms with Crippen molar-refractivity contribution in [2.45, 2.75) is 39.8 Å². The second-order valence-corrected chi connectivity index (χ2v) is 5.15. The van der Waals surface area contributed by atoms with Crippen molar-refractivity contribution in [3.8, 4) is 11.4 Å². The molecule has 1 N–H and O–H groups in total. The van der Waals surface area contributed by atoms with Gasteiger partial charge in [0.05, 0.1) is 30.7 Å². The highest BCUT2D eigenvalue weighted by molar-refractivity contribution is 5.58. The highest BCUT2D eigenvalue weighted by Gasteiger charge is 2.19. The van der Waals surface area contributed by atoms with E-state index < -0.39 is 0 Å². The van der Waals surface area contributed by atoms with Crippen molar-refractivity contribution in [2.75, 3.05) is 18.5 Å². The Morgan fingerprint density at radius 2 is 2.24 bits per heavy atom. The lowest BCUT2D eigenvalue weighted by atomic mass is 10.1. The summed E-state index contributed by atoms with van der Waals surface area (Å²) >= 11 is 0. The summed E-state index contributed by atoms with van der Waals surface area (Å²) in [6.07, 6.45) is 5.76. The summed E-state index contributed by atoms with van der Waals surface area (Å²) in [4.78, 5) is 9.38. The molecule has 3 heterocycles. The zero-order valence-electron chi connectivity index (χ0n) is 12.6. The van der Waals surface area contributed by atoms with Gasteiger partial charge in [0.25, 0.3) is 0 Å². The van der Waals surface area contributed by atoms with Gasteiger partial charge in [-0.2, -0.15) is 5.10 Å². The van der Waals surface area contributed by atoms with Gasteiger partial charge in [-0.25, -0.2) is 9.97 Å². The average Bonchev–Trinajstić information content (AvgIpc) is 2.96. The number of aryl methyl sites for hydroxylation is 1. The van der Waals surface area contributed by atoms with Gasteiger partial charge in [0, 0.05) is 31.3 Å².